The van der Waals surface area contributed by atoms with Crippen LogP contribution in [-0.4, -0.2) is 21.4 Å². The number of anilines is 1. The van der Waals surface area contributed by atoms with Crippen molar-refractivity contribution in [2.24, 2.45) is 5.92 Å². The molecule has 0 atom stereocenters. The van der Waals surface area contributed by atoms with Crippen LogP contribution in [0.5, 0.6) is 0 Å². The lowest BCUT2D eigenvalue weighted by atomic mass is 10.2. The molecule has 0 aliphatic heterocycles. The van der Waals surface area contributed by atoms with Crippen LogP contribution < -0.4 is 4.90 Å². The first kappa shape index (κ1) is 12.4. The molecule has 1 aromatic rings. The van der Waals surface area contributed by atoms with Crippen LogP contribution >= 0.6 is 10.7 Å². The van der Waals surface area contributed by atoms with Gasteiger partial charge >= 0.3 is 0 Å². The van der Waals surface area contributed by atoms with Crippen LogP contribution in [0.1, 0.15) is 12.8 Å². The maximum Gasteiger partial charge on any atom is 0.261 e. The molecular formula is C11H12ClNO3S. The van der Waals surface area contributed by atoms with E-state index in [1.807, 2.05) is 0 Å². The van der Waals surface area contributed by atoms with E-state index >= 15 is 0 Å². The van der Waals surface area contributed by atoms with Gasteiger partial charge in [0.15, 0.2) is 0 Å². The summed E-state index contributed by atoms with van der Waals surface area (Å²) in [5.41, 5.74) is 0.672. The van der Waals surface area contributed by atoms with Crippen molar-refractivity contribution in [3.8, 4) is 0 Å². The fourth-order valence-corrected chi connectivity index (χ4v) is 2.33. The maximum atomic E-state index is 11.8. The molecule has 6 heteroatoms. The number of carbonyl (C=O) groups excluding carboxylic acids is 1. The van der Waals surface area contributed by atoms with Crippen molar-refractivity contribution >= 4 is 31.3 Å². The SMILES string of the molecule is CN(C(=O)C1CC1)c1ccc(S(=O)(=O)Cl)cc1. The average Bonchev–Trinajstić information content (AvgIpc) is 3.10. The Kier molecular flexibility index (Phi) is 3.14. The van der Waals surface area contributed by atoms with Crippen molar-refractivity contribution in [1.82, 2.24) is 0 Å². The Morgan fingerprint density at radius 2 is 1.82 bits per heavy atom. The maximum absolute atomic E-state index is 11.8. The topological polar surface area (TPSA) is 54.5 Å². The lowest BCUT2D eigenvalue weighted by molar-refractivity contribution is -0.119. The van der Waals surface area contributed by atoms with Gasteiger partial charge in [-0.05, 0) is 37.1 Å². The van der Waals surface area contributed by atoms with E-state index < -0.39 is 9.05 Å². The van der Waals surface area contributed by atoms with E-state index in [0.29, 0.717) is 5.69 Å². The number of hydrogen-bond donors (Lipinski definition) is 0. The minimum atomic E-state index is -3.70. The Bertz CT molecular complexity index is 534. The second-order valence-electron chi connectivity index (χ2n) is 4.10. The first-order chi connectivity index (χ1) is 7.89. The first-order valence-electron chi connectivity index (χ1n) is 5.22. The van der Waals surface area contributed by atoms with E-state index in [-0.39, 0.29) is 16.7 Å². The summed E-state index contributed by atoms with van der Waals surface area (Å²) in [6, 6.07) is 5.95. The third-order valence-electron chi connectivity index (χ3n) is 2.76. The van der Waals surface area contributed by atoms with Gasteiger partial charge in [0.1, 0.15) is 0 Å². The quantitative estimate of drug-likeness (QED) is 0.792. The Morgan fingerprint density at radius 1 is 1.29 bits per heavy atom. The predicted octanol–water partition coefficient (Wildman–Crippen LogP) is 1.99. The molecule has 0 spiro atoms. The molecule has 1 aliphatic rings. The number of halogens is 1. The molecule has 1 aromatic carbocycles. The molecule has 0 bridgehead atoms. The summed E-state index contributed by atoms with van der Waals surface area (Å²) in [4.78, 5) is 13.4. The van der Waals surface area contributed by atoms with E-state index in [0.717, 1.165) is 12.8 Å². The van der Waals surface area contributed by atoms with Crippen LogP contribution in [0.3, 0.4) is 0 Å². The summed E-state index contributed by atoms with van der Waals surface area (Å²) in [5.74, 6) is 0.211. The third-order valence-corrected chi connectivity index (χ3v) is 4.13. The van der Waals surface area contributed by atoms with Crippen molar-refractivity contribution < 1.29 is 13.2 Å². The molecule has 92 valence electrons. The van der Waals surface area contributed by atoms with Gasteiger partial charge in [-0.15, -0.1) is 0 Å². The van der Waals surface area contributed by atoms with Crippen LogP contribution in [0.15, 0.2) is 29.2 Å². The van der Waals surface area contributed by atoms with Gasteiger partial charge in [0.25, 0.3) is 9.05 Å². The lowest BCUT2D eigenvalue weighted by Gasteiger charge is -2.17. The van der Waals surface area contributed by atoms with Gasteiger partial charge in [0, 0.05) is 29.3 Å². The van der Waals surface area contributed by atoms with Gasteiger partial charge in [-0.2, -0.15) is 0 Å². The molecule has 1 fully saturated rings. The molecule has 0 aromatic heterocycles. The summed E-state index contributed by atoms with van der Waals surface area (Å²) in [6.45, 7) is 0. The minimum absolute atomic E-state index is 0.0372. The average molecular weight is 274 g/mol. The molecule has 0 radical (unpaired) electrons. The normalized spacial score (nSPS) is 15.6. The summed E-state index contributed by atoms with van der Waals surface area (Å²) >= 11 is 0. The minimum Gasteiger partial charge on any atom is -0.315 e. The van der Waals surface area contributed by atoms with Crippen LogP contribution in [-0.2, 0) is 13.8 Å². The molecule has 17 heavy (non-hydrogen) atoms. The van der Waals surface area contributed by atoms with Crippen LogP contribution in [0.25, 0.3) is 0 Å². The molecule has 1 saturated carbocycles. The van der Waals surface area contributed by atoms with Gasteiger partial charge in [-0.3, -0.25) is 4.79 Å². The highest BCUT2D eigenvalue weighted by atomic mass is 35.7. The summed E-state index contributed by atoms with van der Waals surface area (Å²) in [7, 11) is 3.19. The predicted molar refractivity (Wildman–Crippen MR) is 65.6 cm³/mol. The van der Waals surface area contributed by atoms with Gasteiger partial charge in [-0.25, -0.2) is 8.42 Å². The first-order valence-corrected chi connectivity index (χ1v) is 7.53. The molecule has 2 rings (SSSR count). The number of rotatable bonds is 3. The number of benzene rings is 1. The van der Waals surface area contributed by atoms with Gasteiger partial charge in [0.05, 0.1) is 4.90 Å². The van der Waals surface area contributed by atoms with E-state index in [1.165, 1.54) is 12.1 Å². The summed E-state index contributed by atoms with van der Waals surface area (Å²) in [5, 5.41) is 0. The van der Waals surface area contributed by atoms with Crippen LogP contribution in [0.4, 0.5) is 5.69 Å². The lowest BCUT2D eigenvalue weighted by Crippen LogP contribution is -2.27. The number of nitrogens with zero attached hydrogens (tertiary/aromatic N) is 1. The Balaban J connectivity index is 2.20. The molecule has 0 heterocycles. The fraction of sp³-hybridized carbons (Fsp3) is 0.364. The molecule has 4 nitrogen and oxygen atoms in total. The highest BCUT2D eigenvalue weighted by molar-refractivity contribution is 8.13. The zero-order valence-electron chi connectivity index (χ0n) is 9.26. The van der Waals surface area contributed by atoms with Crippen LogP contribution in [0.2, 0.25) is 0 Å². The molecule has 0 N–H and O–H groups in total. The Morgan fingerprint density at radius 3 is 2.24 bits per heavy atom. The second-order valence-corrected chi connectivity index (χ2v) is 6.67. The van der Waals surface area contributed by atoms with Gasteiger partial charge in [-0.1, -0.05) is 0 Å². The highest BCUT2D eigenvalue weighted by Gasteiger charge is 2.32. The standard InChI is InChI=1S/C11H12ClNO3S/c1-13(11(14)8-2-3-8)9-4-6-10(7-5-9)17(12,15)16/h4-8H,2-3H2,1H3. The monoisotopic (exact) mass is 273 g/mol. The van der Waals surface area contributed by atoms with Crippen molar-refractivity contribution in [3.63, 3.8) is 0 Å². The van der Waals surface area contributed by atoms with Gasteiger partial charge < -0.3 is 4.90 Å². The fourth-order valence-electron chi connectivity index (χ4n) is 1.56. The number of hydrogen-bond acceptors (Lipinski definition) is 3. The van der Waals surface area contributed by atoms with E-state index in [1.54, 1.807) is 24.1 Å². The summed E-state index contributed by atoms with van der Waals surface area (Å²) < 4.78 is 22.1. The second kappa shape index (κ2) is 4.31. The Labute approximate surface area is 105 Å². The number of carbonyl (C=O) groups is 1. The Hall–Kier alpha value is -1.07. The van der Waals surface area contributed by atoms with Crippen molar-refractivity contribution in [2.75, 3.05) is 11.9 Å². The molecule has 0 unspecified atom stereocenters. The third kappa shape index (κ3) is 2.79. The molecule has 1 amide bonds. The van der Waals surface area contributed by atoms with Crippen molar-refractivity contribution in [1.29, 1.82) is 0 Å². The van der Waals surface area contributed by atoms with E-state index in [2.05, 4.69) is 0 Å². The van der Waals surface area contributed by atoms with E-state index in [4.69, 9.17) is 10.7 Å². The molecule has 0 saturated heterocycles. The van der Waals surface area contributed by atoms with Gasteiger partial charge in [0.2, 0.25) is 5.91 Å². The highest BCUT2D eigenvalue weighted by Crippen LogP contribution is 2.32. The molecule has 1 aliphatic carbocycles. The molecular weight excluding hydrogens is 262 g/mol. The van der Waals surface area contributed by atoms with Crippen LogP contribution in [0, 0.1) is 5.92 Å². The zero-order chi connectivity index (χ0) is 12.6. The number of amides is 1. The van der Waals surface area contributed by atoms with E-state index in [9.17, 15) is 13.2 Å². The van der Waals surface area contributed by atoms with Crippen molar-refractivity contribution in [2.45, 2.75) is 17.7 Å². The smallest absolute Gasteiger partial charge is 0.261 e. The van der Waals surface area contributed by atoms with Crippen molar-refractivity contribution in [3.05, 3.63) is 24.3 Å². The summed E-state index contributed by atoms with van der Waals surface area (Å²) in [6.07, 6.45) is 1.88. The zero-order valence-corrected chi connectivity index (χ0v) is 10.8. The largest absolute Gasteiger partial charge is 0.315 e.